The van der Waals surface area contributed by atoms with E-state index in [-0.39, 0.29) is 0 Å². The molecule has 1 saturated heterocycles. The fraction of sp³-hybridized carbons (Fsp3) is 1.00. The minimum atomic E-state index is 0.786. The molecule has 0 bridgehead atoms. The third-order valence-corrected chi connectivity index (χ3v) is 4.06. The lowest BCUT2D eigenvalue weighted by Gasteiger charge is -2.27. The van der Waals surface area contributed by atoms with E-state index in [1.54, 1.807) is 0 Å². The van der Waals surface area contributed by atoms with Gasteiger partial charge in [-0.1, -0.05) is 43.1 Å². The highest BCUT2D eigenvalue weighted by Crippen LogP contribution is 2.26. The van der Waals surface area contributed by atoms with Crippen LogP contribution in [0.3, 0.4) is 0 Å². The minimum absolute atomic E-state index is 0.786. The van der Waals surface area contributed by atoms with E-state index in [0.717, 1.165) is 23.2 Å². The lowest BCUT2D eigenvalue weighted by molar-refractivity contribution is 0.217. The first-order valence-corrected chi connectivity index (χ1v) is 6.61. The SMILES string of the molecule is CCC(C)CN1CCC(C)C1CBr. The summed E-state index contributed by atoms with van der Waals surface area (Å²) in [5.74, 6) is 1.73. The second-order valence-electron chi connectivity index (χ2n) is 4.50. The number of halogens is 1. The Balaban J connectivity index is 2.41. The van der Waals surface area contributed by atoms with Crippen molar-refractivity contribution in [2.45, 2.75) is 39.7 Å². The van der Waals surface area contributed by atoms with E-state index >= 15 is 0 Å². The molecule has 0 radical (unpaired) electrons. The first-order valence-electron chi connectivity index (χ1n) is 5.49. The Morgan fingerprint density at radius 3 is 2.77 bits per heavy atom. The van der Waals surface area contributed by atoms with Gasteiger partial charge in [0.05, 0.1) is 0 Å². The summed E-state index contributed by atoms with van der Waals surface area (Å²) in [4.78, 5) is 2.66. The van der Waals surface area contributed by atoms with E-state index in [4.69, 9.17) is 0 Å². The molecule has 3 atom stereocenters. The molecule has 0 saturated carbocycles. The van der Waals surface area contributed by atoms with E-state index in [1.807, 2.05) is 0 Å². The standard InChI is InChI=1S/C11H22BrN/c1-4-9(2)8-13-6-5-10(3)11(13)7-12/h9-11H,4-8H2,1-3H3. The van der Waals surface area contributed by atoms with Crippen molar-refractivity contribution in [2.24, 2.45) is 11.8 Å². The summed E-state index contributed by atoms with van der Waals surface area (Å²) >= 11 is 3.63. The molecule has 1 fully saturated rings. The average Bonchev–Trinajstić information content (AvgIpc) is 2.46. The molecule has 2 heteroatoms. The average molecular weight is 248 g/mol. The minimum Gasteiger partial charge on any atom is -0.299 e. The summed E-state index contributed by atoms with van der Waals surface area (Å²) in [7, 11) is 0. The summed E-state index contributed by atoms with van der Waals surface area (Å²) in [6.45, 7) is 9.61. The Hall–Kier alpha value is 0.440. The van der Waals surface area contributed by atoms with Crippen LogP contribution in [-0.4, -0.2) is 29.4 Å². The van der Waals surface area contributed by atoms with Crippen LogP contribution >= 0.6 is 15.9 Å². The molecule has 1 aliphatic rings. The Bertz CT molecular complexity index is 149. The Kier molecular flexibility index (Phi) is 4.74. The molecule has 0 aromatic rings. The molecule has 0 aromatic heterocycles. The number of hydrogen-bond donors (Lipinski definition) is 0. The third-order valence-electron chi connectivity index (χ3n) is 3.40. The zero-order valence-corrected chi connectivity index (χ0v) is 10.7. The number of nitrogens with zero attached hydrogens (tertiary/aromatic N) is 1. The maximum Gasteiger partial charge on any atom is 0.0218 e. The second-order valence-corrected chi connectivity index (χ2v) is 5.14. The lowest BCUT2D eigenvalue weighted by atomic mass is 10.0. The highest BCUT2D eigenvalue weighted by atomic mass is 79.9. The molecule has 78 valence electrons. The third kappa shape index (κ3) is 2.95. The van der Waals surface area contributed by atoms with Crippen molar-refractivity contribution in [1.82, 2.24) is 4.90 Å². The van der Waals surface area contributed by atoms with Gasteiger partial charge in [-0.2, -0.15) is 0 Å². The quantitative estimate of drug-likeness (QED) is 0.691. The maximum absolute atomic E-state index is 3.63. The van der Waals surface area contributed by atoms with Crippen LogP contribution in [0.5, 0.6) is 0 Å². The van der Waals surface area contributed by atoms with Crippen molar-refractivity contribution in [3.05, 3.63) is 0 Å². The van der Waals surface area contributed by atoms with Gasteiger partial charge in [-0.05, 0) is 24.8 Å². The van der Waals surface area contributed by atoms with Crippen LogP contribution in [0.1, 0.15) is 33.6 Å². The highest BCUT2D eigenvalue weighted by molar-refractivity contribution is 9.09. The van der Waals surface area contributed by atoms with Gasteiger partial charge in [-0.15, -0.1) is 0 Å². The monoisotopic (exact) mass is 247 g/mol. The van der Waals surface area contributed by atoms with Gasteiger partial charge in [0, 0.05) is 17.9 Å². The molecule has 1 rings (SSSR count). The van der Waals surface area contributed by atoms with Gasteiger partial charge in [0.15, 0.2) is 0 Å². The zero-order chi connectivity index (χ0) is 9.84. The lowest BCUT2D eigenvalue weighted by Crippen LogP contribution is -2.36. The first-order chi connectivity index (χ1) is 6.19. The summed E-state index contributed by atoms with van der Waals surface area (Å²) < 4.78 is 0. The van der Waals surface area contributed by atoms with Gasteiger partial charge in [0.1, 0.15) is 0 Å². The Morgan fingerprint density at radius 2 is 2.23 bits per heavy atom. The van der Waals surface area contributed by atoms with Crippen LogP contribution in [-0.2, 0) is 0 Å². The number of hydrogen-bond acceptors (Lipinski definition) is 1. The van der Waals surface area contributed by atoms with E-state index < -0.39 is 0 Å². The normalized spacial score (nSPS) is 32.3. The van der Waals surface area contributed by atoms with Crippen LogP contribution in [0.15, 0.2) is 0 Å². The summed E-state index contributed by atoms with van der Waals surface area (Å²) in [5.41, 5.74) is 0. The van der Waals surface area contributed by atoms with E-state index in [0.29, 0.717) is 0 Å². The van der Waals surface area contributed by atoms with Crippen molar-refractivity contribution in [1.29, 1.82) is 0 Å². The van der Waals surface area contributed by atoms with Crippen LogP contribution < -0.4 is 0 Å². The molecular formula is C11H22BrN. The molecular weight excluding hydrogens is 226 g/mol. The van der Waals surface area contributed by atoms with Gasteiger partial charge in [-0.3, -0.25) is 4.90 Å². The summed E-state index contributed by atoms with van der Waals surface area (Å²) in [6, 6.07) is 0.786. The highest BCUT2D eigenvalue weighted by Gasteiger charge is 2.30. The van der Waals surface area contributed by atoms with E-state index in [1.165, 1.54) is 25.9 Å². The molecule has 1 nitrogen and oxygen atoms in total. The Labute approximate surface area is 91.0 Å². The summed E-state index contributed by atoms with van der Waals surface area (Å²) in [6.07, 6.45) is 2.69. The fourth-order valence-electron chi connectivity index (χ4n) is 2.09. The molecule has 1 aliphatic heterocycles. The molecule has 0 aliphatic carbocycles. The molecule has 1 heterocycles. The van der Waals surface area contributed by atoms with Crippen LogP contribution in [0.2, 0.25) is 0 Å². The molecule has 13 heavy (non-hydrogen) atoms. The van der Waals surface area contributed by atoms with Gasteiger partial charge >= 0.3 is 0 Å². The summed E-state index contributed by atoms with van der Waals surface area (Å²) in [5, 5.41) is 1.14. The van der Waals surface area contributed by atoms with Crippen LogP contribution in [0.25, 0.3) is 0 Å². The first kappa shape index (κ1) is 11.5. The second kappa shape index (κ2) is 5.35. The maximum atomic E-state index is 3.63. The topological polar surface area (TPSA) is 3.24 Å². The predicted octanol–water partition coefficient (Wildman–Crippen LogP) is 3.14. The largest absolute Gasteiger partial charge is 0.299 e. The number of likely N-dealkylation sites (tertiary alicyclic amines) is 1. The van der Waals surface area contributed by atoms with Crippen molar-refractivity contribution in [3.8, 4) is 0 Å². The fourth-order valence-corrected chi connectivity index (χ4v) is 3.14. The number of alkyl halides is 1. The van der Waals surface area contributed by atoms with Crippen molar-refractivity contribution >= 4 is 15.9 Å². The van der Waals surface area contributed by atoms with E-state index in [2.05, 4.69) is 41.6 Å². The molecule has 0 spiro atoms. The predicted molar refractivity (Wildman–Crippen MR) is 62.4 cm³/mol. The smallest absolute Gasteiger partial charge is 0.0218 e. The van der Waals surface area contributed by atoms with Crippen LogP contribution in [0, 0.1) is 11.8 Å². The molecule has 0 N–H and O–H groups in total. The molecule has 0 amide bonds. The van der Waals surface area contributed by atoms with Crippen LogP contribution in [0.4, 0.5) is 0 Å². The van der Waals surface area contributed by atoms with Gasteiger partial charge in [0.25, 0.3) is 0 Å². The van der Waals surface area contributed by atoms with Gasteiger partial charge in [0.2, 0.25) is 0 Å². The van der Waals surface area contributed by atoms with Gasteiger partial charge in [-0.25, -0.2) is 0 Å². The molecule has 0 aromatic carbocycles. The number of rotatable bonds is 4. The molecule has 3 unspecified atom stereocenters. The van der Waals surface area contributed by atoms with Gasteiger partial charge < -0.3 is 0 Å². The zero-order valence-electron chi connectivity index (χ0n) is 9.09. The van der Waals surface area contributed by atoms with Crippen molar-refractivity contribution < 1.29 is 0 Å². The van der Waals surface area contributed by atoms with Crippen molar-refractivity contribution in [3.63, 3.8) is 0 Å². The van der Waals surface area contributed by atoms with E-state index in [9.17, 15) is 0 Å². The van der Waals surface area contributed by atoms with Crippen molar-refractivity contribution in [2.75, 3.05) is 18.4 Å². The Morgan fingerprint density at radius 1 is 1.54 bits per heavy atom.